The standard InChI is InChI=1S/C26H28ClN3O4S/c1-19-9-7-8-12-24(19)30(35(33,34)23-15-13-22(27)14-16-23)18-25(31)29(20(2)26(32)28-3)17-21-10-5-4-6-11-21/h4-16,20H,17-18H2,1-3H3,(H,28,32)/t20-/m0/s1. The summed E-state index contributed by atoms with van der Waals surface area (Å²) in [6.07, 6.45) is 0. The van der Waals surface area contributed by atoms with Crippen molar-refractivity contribution < 1.29 is 18.0 Å². The lowest BCUT2D eigenvalue weighted by Crippen LogP contribution is -2.50. The second-order valence-corrected chi connectivity index (χ2v) is 10.3. The lowest BCUT2D eigenvalue weighted by molar-refractivity contribution is -0.139. The third-order valence-electron chi connectivity index (χ3n) is 5.67. The van der Waals surface area contributed by atoms with E-state index in [2.05, 4.69) is 5.32 Å². The minimum atomic E-state index is -4.12. The van der Waals surface area contributed by atoms with Crippen molar-refractivity contribution in [1.29, 1.82) is 0 Å². The van der Waals surface area contributed by atoms with E-state index in [1.165, 1.54) is 36.2 Å². The average molecular weight is 514 g/mol. The fraction of sp³-hybridized carbons (Fsp3) is 0.231. The molecule has 7 nitrogen and oxygen atoms in total. The number of sulfonamides is 1. The van der Waals surface area contributed by atoms with E-state index in [0.717, 1.165) is 9.87 Å². The Kier molecular flexibility index (Phi) is 8.53. The Labute approximate surface area is 211 Å². The first kappa shape index (κ1) is 26.2. The molecule has 9 heteroatoms. The molecule has 0 aliphatic carbocycles. The maximum absolute atomic E-state index is 13.7. The Morgan fingerprint density at radius 1 is 0.943 bits per heavy atom. The van der Waals surface area contributed by atoms with Gasteiger partial charge >= 0.3 is 0 Å². The molecule has 0 spiro atoms. The number of halogens is 1. The van der Waals surface area contributed by atoms with Crippen LogP contribution in [0, 0.1) is 6.92 Å². The van der Waals surface area contributed by atoms with E-state index in [4.69, 9.17) is 11.6 Å². The van der Waals surface area contributed by atoms with Crippen LogP contribution in [-0.2, 0) is 26.2 Å². The summed E-state index contributed by atoms with van der Waals surface area (Å²) in [6.45, 7) is 3.06. The van der Waals surface area contributed by atoms with Gasteiger partial charge in [0.1, 0.15) is 12.6 Å². The summed E-state index contributed by atoms with van der Waals surface area (Å²) in [5, 5.41) is 2.96. The van der Waals surface area contributed by atoms with Gasteiger partial charge in [-0.2, -0.15) is 0 Å². The van der Waals surface area contributed by atoms with Gasteiger partial charge in [-0.05, 0) is 55.3 Å². The van der Waals surface area contributed by atoms with Gasteiger partial charge in [0.25, 0.3) is 10.0 Å². The van der Waals surface area contributed by atoms with E-state index in [-0.39, 0.29) is 17.3 Å². The van der Waals surface area contributed by atoms with Gasteiger partial charge in [0.05, 0.1) is 10.6 Å². The maximum Gasteiger partial charge on any atom is 0.264 e. The smallest absolute Gasteiger partial charge is 0.264 e. The number of hydrogen-bond acceptors (Lipinski definition) is 4. The minimum Gasteiger partial charge on any atom is -0.357 e. The minimum absolute atomic E-state index is 0.00640. The van der Waals surface area contributed by atoms with Gasteiger partial charge in [0.2, 0.25) is 11.8 Å². The molecule has 184 valence electrons. The number of nitrogens with zero attached hydrogens (tertiary/aromatic N) is 2. The summed E-state index contributed by atoms with van der Waals surface area (Å²) in [6, 6.07) is 21.1. The number of likely N-dealkylation sites (N-methyl/N-ethyl adjacent to an activating group) is 1. The van der Waals surface area contributed by atoms with Gasteiger partial charge in [-0.1, -0.05) is 60.1 Å². The monoisotopic (exact) mass is 513 g/mol. The van der Waals surface area contributed by atoms with Crippen LogP contribution in [0.5, 0.6) is 0 Å². The molecule has 1 N–H and O–H groups in total. The number of aryl methyl sites for hydroxylation is 1. The zero-order chi connectivity index (χ0) is 25.6. The number of hydrogen-bond donors (Lipinski definition) is 1. The fourth-order valence-corrected chi connectivity index (χ4v) is 5.27. The molecule has 0 aliphatic heterocycles. The molecule has 0 heterocycles. The largest absolute Gasteiger partial charge is 0.357 e. The second-order valence-electron chi connectivity index (χ2n) is 8.05. The van der Waals surface area contributed by atoms with Crippen LogP contribution >= 0.6 is 11.6 Å². The first-order valence-corrected chi connectivity index (χ1v) is 12.9. The van der Waals surface area contributed by atoms with E-state index in [1.807, 2.05) is 30.3 Å². The van der Waals surface area contributed by atoms with Gasteiger partial charge in [-0.3, -0.25) is 13.9 Å². The molecule has 0 aliphatic rings. The number of carbonyl (C=O) groups excluding carboxylic acids is 2. The number of anilines is 1. The van der Waals surface area contributed by atoms with E-state index in [0.29, 0.717) is 16.3 Å². The molecule has 1 atom stereocenters. The summed E-state index contributed by atoms with van der Waals surface area (Å²) in [4.78, 5) is 27.5. The van der Waals surface area contributed by atoms with E-state index in [9.17, 15) is 18.0 Å². The zero-order valence-corrected chi connectivity index (χ0v) is 21.4. The van der Waals surface area contributed by atoms with Crippen LogP contribution in [0.4, 0.5) is 5.69 Å². The van der Waals surface area contributed by atoms with Crippen molar-refractivity contribution in [3.05, 3.63) is 95.0 Å². The molecule has 2 amide bonds. The molecule has 0 fully saturated rings. The third kappa shape index (κ3) is 6.21. The van der Waals surface area contributed by atoms with Crippen molar-refractivity contribution in [2.24, 2.45) is 0 Å². The van der Waals surface area contributed by atoms with Gasteiger partial charge in [0, 0.05) is 18.6 Å². The van der Waals surface area contributed by atoms with Gasteiger partial charge < -0.3 is 10.2 Å². The summed E-state index contributed by atoms with van der Waals surface area (Å²) in [7, 11) is -2.63. The Bertz CT molecular complexity index is 1280. The first-order chi connectivity index (χ1) is 16.6. The highest BCUT2D eigenvalue weighted by Crippen LogP contribution is 2.28. The Morgan fingerprint density at radius 3 is 2.14 bits per heavy atom. The fourth-order valence-electron chi connectivity index (χ4n) is 3.66. The Morgan fingerprint density at radius 2 is 1.54 bits per heavy atom. The second kappa shape index (κ2) is 11.4. The Balaban J connectivity index is 2.04. The zero-order valence-electron chi connectivity index (χ0n) is 19.8. The van der Waals surface area contributed by atoms with E-state index < -0.39 is 28.5 Å². The molecule has 0 radical (unpaired) electrons. The molecule has 0 saturated heterocycles. The van der Waals surface area contributed by atoms with Crippen molar-refractivity contribution in [2.75, 3.05) is 17.9 Å². The first-order valence-electron chi connectivity index (χ1n) is 11.0. The van der Waals surface area contributed by atoms with Crippen LogP contribution in [0.15, 0.2) is 83.8 Å². The number of rotatable bonds is 9. The highest BCUT2D eigenvalue weighted by Gasteiger charge is 2.32. The Hall–Kier alpha value is -3.36. The average Bonchev–Trinajstić information content (AvgIpc) is 2.86. The van der Waals surface area contributed by atoms with Gasteiger partial charge in [-0.15, -0.1) is 0 Å². The van der Waals surface area contributed by atoms with Crippen molar-refractivity contribution in [1.82, 2.24) is 10.2 Å². The highest BCUT2D eigenvalue weighted by molar-refractivity contribution is 7.92. The molecule has 3 aromatic rings. The van der Waals surface area contributed by atoms with Crippen LogP contribution in [0.25, 0.3) is 0 Å². The molecule has 0 bridgehead atoms. The van der Waals surface area contributed by atoms with Crippen molar-refractivity contribution in [3.8, 4) is 0 Å². The topological polar surface area (TPSA) is 86.8 Å². The number of carbonyl (C=O) groups is 2. The lowest BCUT2D eigenvalue weighted by atomic mass is 10.1. The summed E-state index contributed by atoms with van der Waals surface area (Å²) >= 11 is 5.96. The number of para-hydroxylation sites is 1. The van der Waals surface area contributed by atoms with Crippen LogP contribution < -0.4 is 9.62 Å². The third-order valence-corrected chi connectivity index (χ3v) is 7.70. The maximum atomic E-state index is 13.7. The summed E-state index contributed by atoms with van der Waals surface area (Å²) < 4.78 is 28.5. The molecule has 0 saturated carbocycles. The highest BCUT2D eigenvalue weighted by atomic mass is 35.5. The number of amides is 2. The van der Waals surface area contributed by atoms with Crippen molar-refractivity contribution >= 4 is 39.1 Å². The van der Waals surface area contributed by atoms with Crippen molar-refractivity contribution in [3.63, 3.8) is 0 Å². The molecule has 35 heavy (non-hydrogen) atoms. The lowest BCUT2D eigenvalue weighted by Gasteiger charge is -2.32. The molecule has 3 aromatic carbocycles. The van der Waals surface area contributed by atoms with Crippen LogP contribution in [0.2, 0.25) is 5.02 Å². The SMILES string of the molecule is CNC(=O)[C@H](C)N(Cc1ccccc1)C(=O)CN(c1ccccc1C)S(=O)(=O)c1ccc(Cl)cc1. The molecule has 0 aromatic heterocycles. The predicted molar refractivity (Wildman–Crippen MR) is 138 cm³/mol. The molecule has 3 rings (SSSR count). The number of nitrogens with one attached hydrogen (secondary N) is 1. The van der Waals surface area contributed by atoms with Crippen molar-refractivity contribution in [2.45, 2.75) is 31.3 Å². The van der Waals surface area contributed by atoms with Crippen LogP contribution in [-0.4, -0.2) is 44.8 Å². The number of benzene rings is 3. The van der Waals surface area contributed by atoms with Crippen LogP contribution in [0.3, 0.4) is 0 Å². The van der Waals surface area contributed by atoms with E-state index in [1.54, 1.807) is 38.1 Å². The summed E-state index contributed by atoms with van der Waals surface area (Å²) in [5.74, 6) is -0.858. The normalized spacial score (nSPS) is 12.0. The molecule has 0 unspecified atom stereocenters. The predicted octanol–water partition coefficient (Wildman–Crippen LogP) is 4.01. The van der Waals surface area contributed by atoms with E-state index >= 15 is 0 Å². The van der Waals surface area contributed by atoms with Gasteiger partial charge in [0.15, 0.2) is 0 Å². The molecular formula is C26H28ClN3O4S. The van der Waals surface area contributed by atoms with Gasteiger partial charge in [-0.25, -0.2) is 8.42 Å². The summed E-state index contributed by atoms with van der Waals surface area (Å²) in [5.41, 5.74) is 1.88. The molecular weight excluding hydrogens is 486 g/mol. The van der Waals surface area contributed by atoms with Crippen LogP contribution in [0.1, 0.15) is 18.1 Å². The quantitative estimate of drug-likeness (QED) is 0.468.